The maximum Gasteiger partial charge on any atom is 0.221 e. The second-order valence-corrected chi connectivity index (χ2v) is 4.91. The molecule has 0 aromatic carbocycles. The Morgan fingerprint density at radius 3 is 2.35 bits per heavy atom. The Hall–Kier alpha value is -0.680. The number of amides is 1. The van der Waals surface area contributed by atoms with Gasteiger partial charge in [-0.3, -0.25) is 4.79 Å². The van der Waals surface area contributed by atoms with Gasteiger partial charge in [0.25, 0.3) is 0 Å². The van der Waals surface area contributed by atoms with Crippen molar-refractivity contribution in [2.75, 3.05) is 13.7 Å². The molecule has 0 aliphatic rings. The van der Waals surface area contributed by atoms with E-state index in [0.717, 1.165) is 0 Å². The van der Waals surface area contributed by atoms with Crippen molar-refractivity contribution in [1.82, 2.24) is 5.32 Å². The van der Waals surface area contributed by atoms with Crippen molar-refractivity contribution >= 4 is 23.1 Å². The molecule has 1 atom stereocenters. The van der Waals surface area contributed by atoms with Gasteiger partial charge in [0.2, 0.25) is 5.91 Å². The van der Waals surface area contributed by atoms with Crippen LogP contribution in [0.4, 0.5) is 0 Å². The zero-order valence-corrected chi connectivity index (χ0v) is 12.0. The maximum absolute atomic E-state index is 11.9. The van der Waals surface area contributed by atoms with Gasteiger partial charge in [0.15, 0.2) is 0 Å². The first-order valence-corrected chi connectivity index (χ1v) is 6.42. The summed E-state index contributed by atoms with van der Waals surface area (Å²) in [5.41, 5.74) is 5.18. The molecule has 100 valence electrons. The van der Waals surface area contributed by atoms with Gasteiger partial charge < -0.3 is 15.8 Å². The fourth-order valence-corrected chi connectivity index (χ4v) is 2.15. The van der Waals surface area contributed by atoms with Gasteiger partial charge in [-0.15, -0.1) is 0 Å². The first-order valence-electron chi connectivity index (χ1n) is 6.01. The molecule has 0 aliphatic carbocycles. The van der Waals surface area contributed by atoms with Crippen molar-refractivity contribution < 1.29 is 9.53 Å². The smallest absolute Gasteiger partial charge is 0.221 e. The Labute approximate surface area is 109 Å². The predicted molar refractivity (Wildman–Crippen MR) is 73.9 cm³/mol. The number of carbonyl (C=O) groups is 1. The molecule has 5 heteroatoms. The van der Waals surface area contributed by atoms with Crippen molar-refractivity contribution in [2.24, 2.45) is 11.7 Å². The quantitative estimate of drug-likeness (QED) is 0.651. The summed E-state index contributed by atoms with van der Waals surface area (Å²) in [7, 11) is 1.63. The standard InChI is InChI=1S/C12H24N2O2S/c1-5-12(6-2,11(13)17)14-10(15)7-9(3)8-16-4/h9H,5-8H2,1-4H3,(H2,13,17)(H,14,15). The fraction of sp³-hybridized carbons (Fsp3) is 0.833. The summed E-state index contributed by atoms with van der Waals surface area (Å²) in [4.78, 5) is 12.2. The van der Waals surface area contributed by atoms with E-state index in [-0.39, 0.29) is 11.8 Å². The molecular formula is C12H24N2O2S. The molecule has 1 amide bonds. The van der Waals surface area contributed by atoms with Gasteiger partial charge >= 0.3 is 0 Å². The number of rotatable bonds is 8. The molecule has 17 heavy (non-hydrogen) atoms. The van der Waals surface area contributed by atoms with Crippen molar-refractivity contribution in [1.29, 1.82) is 0 Å². The van der Waals surface area contributed by atoms with Crippen molar-refractivity contribution in [2.45, 2.75) is 45.6 Å². The molecule has 0 saturated heterocycles. The normalized spacial score (nSPS) is 13.2. The zero-order chi connectivity index (χ0) is 13.5. The van der Waals surface area contributed by atoms with Crippen molar-refractivity contribution in [3.8, 4) is 0 Å². The van der Waals surface area contributed by atoms with Gasteiger partial charge in [0.1, 0.15) is 0 Å². The van der Waals surface area contributed by atoms with Crippen LogP contribution in [0.3, 0.4) is 0 Å². The Morgan fingerprint density at radius 2 is 2.00 bits per heavy atom. The number of hydrogen-bond acceptors (Lipinski definition) is 3. The van der Waals surface area contributed by atoms with Crippen LogP contribution in [0.25, 0.3) is 0 Å². The fourth-order valence-electron chi connectivity index (χ4n) is 1.81. The van der Waals surface area contributed by atoms with Crippen LogP contribution >= 0.6 is 12.2 Å². The van der Waals surface area contributed by atoms with Gasteiger partial charge in [-0.2, -0.15) is 0 Å². The van der Waals surface area contributed by atoms with E-state index in [0.29, 0.717) is 30.9 Å². The van der Waals surface area contributed by atoms with Gasteiger partial charge in [-0.1, -0.05) is 33.0 Å². The van der Waals surface area contributed by atoms with Gasteiger partial charge in [0.05, 0.1) is 10.5 Å². The zero-order valence-electron chi connectivity index (χ0n) is 11.2. The Kier molecular flexibility index (Phi) is 7.30. The summed E-state index contributed by atoms with van der Waals surface area (Å²) in [6.07, 6.45) is 1.85. The van der Waals surface area contributed by atoms with Crippen molar-refractivity contribution in [3.63, 3.8) is 0 Å². The highest BCUT2D eigenvalue weighted by Crippen LogP contribution is 2.16. The molecule has 0 aromatic rings. The minimum Gasteiger partial charge on any atom is -0.391 e. The molecule has 0 aromatic heterocycles. The van der Waals surface area contributed by atoms with Crippen LogP contribution in [-0.2, 0) is 9.53 Å². The second kappa shape index (κ2) is 7.61. The van der Waals surface area contributed by atoms with E-state index in [4.69, 9.17) is 22.7 Å². The lowest BCUT2D eigenvalue weighted by Crippen LogP contribution is -2.56. The summed E-state index contributed by atoms with van der Waals surface area (Å²) < 4.78 is 5.00. The van der Waals surface area contributed by atoms with Gasteiger partial charge in [-0.25, -0.2) is 0 Å². The molecule has 0 heterocycles. The topological polar surface area (TPSA) is 64.3 Å². The molecule has 0 rings (SSSR count). The number of hydrogen-bond donors (Lipinski definition) is 2. The van der Waals surface area contributed by atoms with E-state index in [1.165, 1.54) is 0 Å². The lowest BCUT2D eigenvalue weighted by molar-refractivity contribution is -0.123. The van der Waals surface area contributed by atoms with Crippen LogP contribution < -0.4 is 11.1 Å². The Morgan fingerprint density at radius 1 is 1.47 bits per heavy atom. The predicted octanol–water partition coefficient (Wildman–Crippen LogP) is 1.62. The highest BCUT2D eigenvalue weighted by Gasteiger charge is 2.31. The lowest BCUT2D eigenvalue weighted by atomic mass is 9.92. The highest BCUT2D eigenvalue weighted by molar-refractivity contribution is 7.80. The lowest BCUT2D eigenvalue weighted by Gasteiger charge is -2.32. The van der Waals surface area contributed by atoms with Crippen LogP contribution in [-0.4, -0.2) is 30.2 Å². The molecular weight excluding hydrogens is 236 g/mol. The molecule has 0 fully saturated rings. The molecule has 0 radical (unpaired) electrons. The third kappa shape index (κ3) is 5.00. The third-order valence-corrected chi connectivity index (χ3v) is 3.43. The highest BCUT2D eigenvalue weighted by atomic mass is 32.1. The minimum absolute atomic E-state index is 0.0222. The van der Waals surface area contributed by atoms with Crippen LogP contribution in [0.15, 0.2) is 0 Å². The van der Waals surface area contributed by atoms with Crippen LogP contribution in [0.5, 0.6) is 0 Å². The van der Waals surface area contributed by atoms with Gasteiger partial charge in [-0.05, 0) is 18.8 Å². The molecule has 4 nitrogen and oxygen atoms in total. The second-order valence-electron chi connectivity index (χ2n) is 4.47. The minimum atomic E-state index is -0.542. The van der Waals surface area contributed by atoms with E-state index in [9.17, 15) is 4.79 Å². The Bertz CT molecular complexity index is 265. The first-order chi connectivity index (χ1) is 7.91. The SMILES string of the molecule is CCC(CC)(NC(=O)CC(C)COC)C(N)=S. The van der Waals surface area contributed by atoms with Crippen molar-refractivity contribution in [3.05, 3.63) is 0 Å². The number of nitrogens with two attached hydrogens (primary N) is 1. The van der Waals surface area contributed by atoms with E-state index in [1.54, 1.807) is 7.11 Å². The third-order valence-electron chi connectivity index (χ3n) is 3.04. The van der Waals surface area contributed by atoms with Crippen LogP contribution in [0.2, 0.25) is 0 Å². The number of carbonyl (C=O) groups excluding carboxylic acids is 1. The summed E-state index contributed by atoms with van der Waals surface area (Å²) in [5.74, 6) is 0.170. The van der Waals surface area contributed by atoms with Crippen LogP contribution in [0.1, 0.15) is 40.0 Å². The maximum atomic E-state index is 11.9. The number of ether oxygens (including phenoxy) is 1. The number of nitrogens with one attached hydrogen (secondary N) is 1. The summed E-state index contributed by atoms with van der Waals surface area (Å²) in [6.45, 7) is 6.50. The summed E-state index contributed by atoms with van der Waals surface area (Å²) in [5, 5.41) is 2.96. The van der Waals surface area contributed by atoms with E-state index < -0.39 is 5.54 Å². The molecule has 0 saturated carbocycles. The summed E-state index contributed by atoms with van der Waals surface area (Å²) >= 11 is 5.05. The number of methoxy groups -OCH3 is 1. The number of thiocarbonyl (C=S) groups is 1. The average Bonchev–Trinajstić information content (AvgIpc) is 2.25. The Balaban J connectivity index is 4.47. The van der Waals surface area contributed by atoms with Crippen LogP contribution in [0, 0.1) is 5.92 Å². The molecule has 0 aliphatic heterocycles. The molecule has 3 N–H and O–H groups in total. The largest absolute Gasteiger partial charge is 0.391 e. The molecule has 0 bridgehead atoms. The van der Waals surface area contributed by atoms with E-state index in [1.807, 2.05) is 20.8 Å². The van der Waals surface area contributed by atoms with E-state index >= 15 is 0 Å². The molecule has 0 spiro atoms. The van der Waals surface area contributed by atoms with E-state index in [2.05, 4.69) is 5.32 Å². The monoisotopic (exact) mass is 260 g/mol. The average molecular weight is 260 g/mol. The summed E-state index contributed by atoms with van der Waals surface area (Å²) in [6, 6.07) is 0. The molecule has 1 unspecified atom stereocenters. The van der Waals surface area contributed by atoms with Gasteiger partial charge in [0, 0.05) is 20.1 Å². The first kappa shape index (κ1) is 16.3.